The maximum absolute atomic E-state index is 12.4. The summed E-state index contributed by atoms with van der Waals surface area (Å²) in [5, 5.41) is 10.7. The Balaban J connectivity index is 0.00000420. The van der Waals surface area contributed by atoms with E-state index in [1.54, 1.807) is 12.1 Å². The van der Waals surface area contributed by atoms with Gasteiger partial charge in [0.05, 0.1) is 12.2 Å². The van der Waals surface area contributed by atoms with Crippen LogP contribution in [0.25, 0.3) is 0 Å². The van der Waals surface area contributed by atoms with E-state index >= 15 is 0 Å². The number of aromatic nitrogens is 3. The predicted molar refractivity (Wildman–Crippen MR) is 116 cm³/mol. The summed E-state index contributed by atoms with van der Waals surface area (Å²) < 4.78 is 43.8. The average molecular weight is 526 g/mol. The Bertz CT molecular complexity index is 822. The largest absolute Gasteiger partial charge is 0.468 e. The van der Waals surface area contributed by atoms with Crippen LogP contribution in [-0.2, 0) is 20.1 Å². The molecule has 0 amide bonds. The molecule has 0 aliphatic rings. The minimum Gasteiger partial charge on any atom is -0.468 e. The molecule has 0 aliphatic carbocycles. The molecule has 0 bridgehead atoms. The van der Waals surface area contributed by atoms with Crippen LogP contribution in [-0.4, -0.2) is 40.1 Å². The second-order valence-corrected chi connectivity index (χ2v) is 6.19. The van der Waals surface area contributed by atoms with Crippen LogP contribution in [0.3, 0.4) is 0 Å². The number of guanidine groups is 1. The third-order valence-electron chi connectivity index (χ3n) is 4.07. The maximum Gasteiger partial charge on any atom is 0.422 e. The number of rotatable bonds is 7. The molecule has 0 atom stereocenters. The summed E-state index contributed by atoms with van der Waals surface area (Å²) in [6, 6.07) is 3.27. The molecule has 0 spiro atoms. The summed E-state index contributed by atoms with van der Waals surface area (Å²) in [5.74, 6) is 0.467. The average Bonchev–Trinajstić information content (AvgIpc) is 2.87. The molecule has 0 saturated heterocycles. The van der Waals surface area contributed by atoms with Gasteiger partial charge < -0.3 is 15.4 Å². The highest BCUT2D eigenvalue weighted by atomic mass is 127. The van der Waals surface area contributed by atoms with Crippen LogP contribution in [0, 0.1) is 13.8 Å². The number of ether oxygens (including phenoxy) is 1. The number of nitrogens with zero attached hydrogens (tertiary/aromatic N) is 4. The van der Waals surface area contributed by atoms with Crippen molar-refractivity contribution in [2.24, 2.45) is 12.0 Å². The quantitative estimate of drug-likeness (QED) is 0.329. The Labute approximate surface area is 185 Å². The number of halogens is 4. The molecule has 11 heteroatoms. The van der Waals surface area contributed by atoms with Gasteiger partial charge in [-0.2, -0.15) is 18.3 Å². The lowest BCUT2D eigenvalue weighted by molar-refractivity contribution is -0.154. The van der Waals surface area contributed by atoms with Crippen LogP contribution in [0.5, 0.6) is 5.88 Å². The minimum absolute atomic E-state index is 0. The zero-order chi connectivity index (χ0) is 20.7. The Morgan fingerprint density at radius 1 is 1.28 bits per heavy atom. The molecule has 0 radical (unpaired) electrons. The third-order valence-corrected chi connectivity index (χ3v) is 4.07. The van der Waals surface area contributed by atoms with E-state index in [1.165, 1.54) is 6.20 Å². The Morgan fingerprint density at radius 2 is 2.00 bits per heavy atom. The Hall–Kier alpha value is -2.05. The molecule has 0 aliphatic heterocycles. The van der Waals surface area contributed by atoms with Crippen LogP contribution in [0.15, 0.2) is 23.3 Å². The zero-order valence-corrected chi connectivity index (χ0v) is 19.1. The fourth-order valence-corrected chi connectivity index (χ4v) is 2.58. The van der Waals surface area contributed by atoms with Gasteiger partial charge in [0.25, 0.3) is 0 Å². The highest BCUT2D eigenvalue weighted by Crippen LogP contribution is 2.20. The summed E-state index contributed by atoms with van der Waals surface area (Å²) in [6.07, 6.45) is -3.04. The van der Waals surface area contributed by atoms with Gasteiger partial charge in [0.1, 0.15) is 0 Å². The van der Waals surface area contributed by atoms with Crippen molar-refractivity contribution in [3.8, 4) is 5.88 Å². The SMILES string of the molecule is CCNC(=NCc1cccnc1OCC(F)(F)F)NCc1c(C)nn(C)c1C.I. The van der Waals surface area contributed by atoms with E-state index in [4.69, 9.17) is 4.74 Å². The molecule has 0 saturated carbocycles. The zero-order valence-electron chi connectivity index (χ0n) is 16.8. The highest BCUT2D eigenvalue weighted by Gasteiger charge is 2.29. The summed E-state index contributed by atoms with van der Waals surface area (Å²) in [6.45, 7) is 5.76. The van der Waals surface area contributed by atoms with Crippen LogP contribution in [0.2, 0.25) is 0 Å². The number of aliphatic imine (C=N–C) groups is 1. The van der Waals surface area contributed by atoms with Gasteiger partial charge in [-0.25, -0.2) is 9.98 Å². The maximum atomic E-state index is 12.4. The topological polar surface area (TPSA) is 76.4 Å². The molecule has 2 N–H and O–H groups in total. The normalized spacial score (nSPS) is 11.8. The van der Waals surface area contributed by atoms with Crippen LogP contribution < -0.4 is 15.4 Å². The molecule has 29 heavy (non-hydrogen) atoms. The van der Waals surface area contributed by atoms with E-state index in [0.717, 1.165) is 17.0 Å². The summed E-state index contributed by atoms with van der Waals surface area (Å²) in [4.78, 5) is 8.32. The van der Waals surface area contributed by atoms with Crippen molar-refractivity contribution >= 4 is 29.9 Å². The standard InChI is InChI=1S/C18H25F3N6O.HI/c1-5-22-17(25-10-15-12(2)26-27(4)13(15)3)24-9-14-7-6-8-23-16(14)28-11-18(19,20)21;/h6-8H,5,9-11H2,1-4H3,(H2,22,24,25);1H. The lowest BCUT2D eigenvalue weighted by Gasteiger charge is -2.13. The van der Waals surface area contributed by atoms with Crippen molar-refractivity contribution in [3.63, 3.8) is 0 Å². The molecule has 2 heterocycles. The molecule has 2 aromatic rings. The van der Waals surface area contributed by atoms with Crippen molar-refractivity contribution in [2.75, 3.05) is 13.2 Å². The number of hydrogen-bond acceptors (Lipinski definition) is 4. The Kier molecular flexibility index (Phi) is 9.66. The van der Waals surface area contributed by atoms with Crippen LogP contribution in [0.1, 0.15) is 29.4 Å². The van der Waals surface area contributed by atoms with Gasteiger partial charge in [-0.3, -0.25) is 4.68 Å². The predicted octanol–water partition coefficient (Wildman–Crippen LogP) is 3.25. The number of pyridine rings is 1. The lowest BCUT2D eigenvalue weighted by atomic mass is 10.2. The second kappa shape index (κ2) is 11.2. The fraction of sp³-hybridized carbons (Fsp3) is 0.500. The fourth-order valence-electron chi connectivity index (χ4n) is 2.58. The van der Waals surface area contributed by atoms with Crippen molar-refractivity contribution in [3.05, 3.63) is 40.8 Å². The van der Waals surface area contributed by atoms with E-state index in [9.17, 15) is 13.2 Å². The number of aryl methyl sites for hydroxylation is 2. The molecular formula is C18H26F3IN6O. The monoisotopic (exact) mass is 526 g/mol. The van der Waals surface area contributed by atoms with E-state index in [2.05, 4.69) is 25.7 Å². The minimum atomic E-state index is -4.42. The van der Waals surface area contributed by atoms with Crippen molar-refractivity contribution in [2.45, 2.75) is 40.0 Å². The van der Waals surface area contributed by atoms with Crippen molar-refractivity contribution in [1.29, 1.82) is 0 Å². The number of nitrogens with one attached hydrogen (secondary N) is 2. The first-order valence-electron chi connectivity index (χ1n) is 8.86. The molecule has 162 valence electrons. The molecule has 0 aromatic carbocycles. The van der Waals surface area contributed by atoms with E-state index in [-0.39, 0.29) is 36.4 Å². The first-order chi connectivity index (χ1) is 13.2. The van der Waals surface area contributed by atoms with Gasteiger partial charge in [0.2, 0.25) is 5.88 Å². The lowest BCUT2D eigenvalue weighted by Crippen LogP contribution is -2.37. The van der Waals surface area contributed by atoms with Gasteiger partial charge in [0, 0.05) is 43.2 Å². The first kappa shape index (κ1) is 25.0. The van der Waals surface area contributed by atoms with Gasteiger partial charge in [-0.1, -0.05) is 6.07 Å². The van der Waals surface area contributed by atoms with E-state index in [1.807, 2.05) is 32.5 Å². The molecule has 7 nitrogen and oxygen atoms in total. The number of hydrogen-bond donors (Lipinski definition) is 2. The van der Waals surface area contributed by atoms with Gasteiger partial charge >= 0.3 is 6.18 Å². The van der Waals surface area contributed by atoms with E-state index in [0.29, 0.717) is 24.6 Å². The molecular weight excluding hydrogens is 500 g/mol. The highest BCUT2D eigenvalue weighted by molar-refractivity contribution is 14.0. The molecule has 0 unspecified atom stereocenters. The third kappa shape index (κ3) is 7.71. The summed E-state index contributed by atoms with van der Waals surface area (Å²) in [5.41, 5.74) is 3.52. The summed E-state index contributed by atoms with van der Waals surface area (Å²) in [7, 11) is 1.88. The van der Waals surface area contributed by atoms with Gasteiger partial charge in [-0.05, 0) is 26.8 Å². The van der Waals surface area contributed by atoms with Gasteiger partial charge in [-0.15, -0.1) is 24.0 Å². The second-order valence-electron chi connectivity index (χ2n) is 6.19. The molecule has 0 fully saturated rings. The molecule has 2 aromatic heterocycles. The molecule has 2 rings (SSSR count). The smallest absolute Gasteiger partial charge is 0.422 e. The van der Waals surface area contributed by atoms with Gasteiger partial charge in [0.15, 0.2) is 12.6 Å². The van der Waals surface area contributed by atoms with E-state index < -0.39 is 12.8 Å². The first-order valence-corrected chi connectivity index (χ1v) is 8.86. The van der Waals surface area contributed by atoms with Crippen LogP contribution in [0.4, 0.5) is 13.2 Å². The number of alkyl halides is 3. The van der Waals surface area contributed by atoms with Crippen molar-refractivity contribution < 1.29 is 17.9 Å². The summed E-state index contributed by atoms with van der Waals surface area (Å²) >= 11 is 0. The van der Waals surface area contributed by atoms with Crippen LogP contribution >= 0.6 is 24.0 Å². The Morgan fingerprint density at radius 3 is 2.59 bits per heavy atom. The van der Waals surface area contributed by atoms with Crippen molar-refractivity contribution in [1.82, 2.24) is 25.4 Å².